The first-order chi connectivity index (χ1) is 21.7. The van der Waals surface area contributed by atoms with Gasteiger partial charge in [-0.2, -0.15) is 21.6 Å². The number of carbonyl (C=O) groups is 1. The first-order valence-electron chi connectivity index (χ1n) is 13.0. The van der Waals surface area contributed by atoms with Gasteiger partial charge in [0.05, 0.1) is 27.7 Å². The number of thiazole rings is 1. The van der Waals surface area contributed by atoms with Gasteiger partial charge in [-0.05, 0) is 60.5 Å². The van der Waals surface area contributed by atoms with Crippen LogP contribution in [-0.2, 0) is 19.6 Å². The number of fused-ring (bicyclic) bond motifs is 1. The van der Waals surface area contributed by atoms with Crippen LogP contribution in [0.15, 0.2) is 98.7 Å². The zero-order valence-electron chi connectivity index (χ0n) is 23.2. The van der Waals surface area contributed by atoms with E-state index in [1.165, 1.54) is 61.5 Å². The second-order valence-electron chi connectivity index (χ2n) is 9.47. The van der Waals surface area contributed by atoms with Gasteiger partial charge in [0, 0.05) is 17.2 Å². The fraction of sp³-hybridized carbons (Fsp3) is 0.138. The normalized spacial score (nSPS) is 15.2. The van der Waals surface area contributed by atoms with Crippen LogP contribution in [0, 0.1) is 10.1 Å². The van der Waals surface area contributed by atoms with E-state index in [0.717, 1.165) is 28.8 Å². The number of halogens is 4. The van der Waals surface area contributed by atoms with E-state index in [0.29, 0.717) is 16.9 Å². The lowest BCUT2D eigenvalue weighted by atomic mass is 9.95. The molecule has 1 aliphatic rings. The average molecular weight is 694 g/mol. The molecule has 1 aromatic heterocycles. The lowest BCUT2D eigenvalue weighted by Gasteiger charge is -2.26. The van der Waals surface area contributed by atoms with Crippen LogP contribution in [-0.4, -0.2) is 36.7 Å². The van der Waals surface area contributed by atoms with Gasteiger partial charge in [-0.25, -0.2) is 9.79 Å². The summed E-state index contributed by atoms with van der Waals surface area (Å²) in [4.78, 5) is 39.8. The minimum absolute atomic E-state index is 0.0310. The Balaban J connectivity index is 1.55. The van der Waals surface area contributed by atoms with Crippen LogP contribution < -0.4 is 19.1 Å². The van der Waals surface area contributed by atoms with Crippen molar-refractivity contribution in [1.82, 2.24) is 4.57 Å². The quantitative estimate of drug-likeness (QED) is 0.112. The van der Waals surface area contributed by atoms with E-state index < -0.39 is 50.1 Å². The third-order valence-corrected chi connectivity index (χ3v) is 9.00. The number of carbonyl (C=O) groups excluding carboxylic acids is 1. The van der Waals surface area contributed by atoms with Gasteiger partial charge in [-0.1, -0.05) is 47.2 Å². The summed E-state index contributed by atoms with van der Waals surface area (Å²) in [6.45, 7) is 1.21. The van der Waals surface area contributed by atoms with Crippen LogP contribution in [0.25, 0.3) is 6.08 Å². The molecule has 0 amide bonds. The van der Waals surface area contributed by atoms with E-state index in [-0.39, 0.29) is 42.9 Å². The van der Waals surface area contributed by atoms with Gasteiger partial charge < -0.3 is 8.92 Å². The van der Waals surface area contributed by atoms with Crippen molar-refractivity contribution in [3.63, 3.8) is 0 Å². The Bertz CT molecular complexity index is 2160. The Kier molecular flexibility index (Phi) is 8.88. The van der Waals surface area contributed by atoms with Crippen molar-refractivity contribution in [1.29, 1.82) is 0 Å². The van der Waals surface area contributed by atoms with Crippen molar-refractivity contribution in [2.75, 3.05) is 6.61 Å². The molecule has 0 radical (unpaired) electrons. The van der Waals surface area contributed by atoms with Crippen molar-refractivity contribution in [2.24, 2.45) is 4.99 Å². The molecule has 3 aromatic carbocycles. The number of esters is 1. The minimum atomic E-state index is -5.06. The predicted molar refractivity (Wildman–Crippen MR) is 160 cm³/mol. The largest absolute Gasteiger partial charge is 0.463 e. The highest BCUT2D eigenvalue weighted by atomic mass is 35.5. The molecule has 0 saturated heterocycles. The Morgan fingerprint density at radius 1 is 1.09 bits per heavy atom. The van der Waals surface area contributed by atoms with Crippen LogP contribution in [0.4, 0.5) is 18.9 Å². The SMILES string of the molecule is CCOC(=O)C1=C(C(F)(F)F)N=c2s/c(=C\c3ccc(OS(=O)(=O)c4ccc([N+](=O)[O-])cc4)cc3)c(=O)n2[C@H]1c1ccc(Cl)cc1. The summed E-state index contributed by atoms with van der Waals surface area (Å²) in [5.74, 6) is -1.40. The summed E-state index contributed by atoms with van der Waals surface area (Å²) in [6, 6.07) is 13.5. The number of non-ortho nitro benzene ring substituents is 1. The Morgan fingerprint density at radius 3 is 2.28 bits per heavy atom. The smallest absolute Gasteiger partial charge is 0.434 e. The van der Waals surface area contributed by atoms with E-state index in [9.17, 15) is 41.3 Å². The number of allylic oxidation sites excluding steroid dienone is 1. The Labute approximate surface area is 266 Å². The number of nitrogens with zero attached hydrogens (tertiary/aromatic N) is 3. The molecular weight excluding hydrogens is 675 g/mol. The van der Waals surface area contributed by atoms with Crippen LogP contribution in [0.3, 0.4) is 0 Å². The molecule has 0 saturated carbocycles. The van der Waals surface area contributed by atoms with Crippen LogP contribution in [0.2, 0.25) is 5.02 Å². The number of hydrogen-bond donors (Lipinski definition) is 0. The van der Waals surface area contributed by atoms with Gasteiger partial charge in [0.15, 0.2) is 10.5 Å². The van der Waals surface area contributed by atoms with E-state index >= 15 is 0 Å². The number of rotatable bonds is 8. The van der Waals surface area contributed by atoms with Gasteiger partial charge in [0.25, 0.3) is 11.2 Å². The predicted octanol–water partition coefficient (Wildman–Crippen LogP) is 4.67. The molecule has 2 heterocycles. The molecule has 0 fully saturated rings. The fourth-order valence-corrected chi connectivity index (χ4v) is 6.54. The van der Waals surface area contributed by atoms with Gasteiger partial charge in [-0.3, -0.25) is 19.5 Å². The second-order valence-corrected chi connectivity index (χ2v) is 12.5. The third-order valence-electron chi connectivity index (χ3n) is 6.50. The van der Waals surface area contributed by atoms with Gasteiger partial charge in [-0.15, -0.1) is 0 Å². The molecule has 46 heavy (non-hydrogen) atoms. The highest BCUT2D eigenvalue weighted by Crippen LogP contribution is 2.38. The van der Waals surface area contributed by atoms with Crippen molar-refractivity contribution < 1.29 is 40.2 Å². The molecule has 0 N–H and O–H groups in total. The highest BCUT2D eigenvalue weighted by molar-refractivity contribution is 7.87. The second kappa shape index (κ2) is 12.5. The Morgan fingerprint density at radius 2 is 1.72 bits per heavy atom. The molecule has 1 atom stereocenters. The summed E-state index contributed by atoms with van der Waals surface area (Å²) in [7, 11) is -4.34. The number of aromatic nitrogens is 1. The van der Waals surface area contributed by atoms with Gasteiger partial charge >= 0.3 is 22.3 Å². The lowest BCUT2D eigenvalue weighted by Crippen LogP contribution is -2.41. The summed E-state index contributed by atoms with van der Waals surface area (Å²) < 4.78 is 79.0. The summed E-state index contributed by atoms with van der Waals surface area (Å²) in [5.41, 5.74) is -2.88. The number of alkyl halides is 3. The van der Waals surface area contributed by atoms with E-state index in [2.05, 4.69) is 4.99 Å². The van der Waals surface area contributed by atoms with Gasteiger partial charge in [0.1, 0.15) is 10.6 Å². The molecule has 17 heteroatoms. The van der Waals surface area contributed by atoms with Gasteiger partial charge in [0.2, 0.25) is 0 Å². The molecule has 0 aliphatic carbocycles. The molecular formula is C29H19ClF3N3O8S2. The number of hydrogen-bond acceptors (Lipinski definition) is 10. The number of nitro groups is 1. The van der Waals surface area contributed by atoms with Crippen molar-refractivity contribution in [3.8, 4) is 5.75 Å². The van der Waals surface area contributed by atoms with E-state index in [1.54, 1.807) is 0 Å². The van der Waals surface area contributed by atoms with Crippen molar-refractivity contribution in [3.05, 3.63) is 130 Å². The molecule has 1 aliphatic heterocycles. The Hall–Kier alpha value is -4.80. The zero-order chi connectivity index (χ0) is 33.4. The fourth-order valence-electron chi connectivity index (χ4n) is 4.48. The molecule has 5 rings (SSSR count). The first kappa shape index (κ1) is 32.6. The average Bonchev–Trinajstić information content (AvgIpc) is 3.31. The van der Waals surface area contributed by atoms with Crippen molar-refractivity contribution in [2.45, 2.75) is 24.0 Å². The van der Waals surface area contributed by atoms with E-state index in [1.807, 2.05) is 0 Å². The number of nitro benzene ring substituents is 1. The molecule has 11 nitrogen and oxygen atoms in total. The summed E-state index contributed by atoms with van der Waals surface area (Å²) >= 11 is 6.64. The summed E-state index contributed by atoms with van der Waals surface area (Å²) in [5, 5.41) is 11.1. The maximum atomic E-state index is 14.3. The molecule has 0 bridgehead atoms. The molecule has 0 spiro atoms. The lowest BCUT2D eigenvalue weighted by molar-refractivity contribution is -0.384. The van der Waals surface area contributed by atoms with Crippen LogP contribution in [0.5, 0.6) is 5.75 Å². The molecule has 238 valence electrons. The monoisotopic (exact) mass is 693 g/mol. The maximum absolute atomic E-state index is 14.3. The molecule has 4 aromatic rings. The number of benzene rings is 3. The number of ether oxygens (including phenoxy) is 1. The highest BCUT2D eigenvalue weighted by Gasteiger charge is 2.45. The standard InChI is InChI=1S/C29H19ClF3N3O8S2/c1-2-43-27(38)23-24(17-5-7-18(30)8-6-17)35-26(37)22(45-28(35)34-25(23)29(31,32)33)15-16-3-11-20(12-4-16)44-46(41,42)21-13-9-19(10-14-21)36(39)40/h3-15,24H,2H2,1H3/b22-15-/t24-/m0/s1. The first-order valence-corrected chi connectivity index (χ1v) is 15.6. The van der Waals surface area contributed by atoms with Crippen LogP contribution in [0.1, 0.15) is 24.1 Å². The maximum Gasteiger partial charge on any atom is 0.434 e. The van der Waals surface area contributed by atoms with E-state index in [4.69, 9.17) is 20.5 Å². The third kappa shape index (κ3) is 6.59. The minimum Gasteiger partial charge on any atom is -0.463 e. The van der Waals surface area contributed by atoms with Crippen molar-refractivity contribution >= 4 is 50.8 Å². The molecule has 0 unspecified atom stereocenters. The summed E-state index contributed by atoms with van der Waals surface area (Å²) in [6.07, 6.45) is -3.70. The zero-order valence-corrected chi connectivity index (χ0v) is 25.6. The topological polar surface area (TPSA) is 147 Å². The van der Waals surface area contributed by atoms with Crippen LogP contribution >= 0.6 is 22.9 Å².